The fourth-order valence-electron chi connectivity index (χ4n) is 2.60. The van der Waals surface area contributed by atoms with Crippen molar-refractivity contribution in [2.45, 2.75) is 51.8 Å². The molecule has 3 unspecified atom stereocenters. The lowest BCUT2D eigenvalue weighted by Gasteiger charge is -2.51. The molecule has 0 aromatic heterocycles. The van der Waals surface area contributed by atoms with E-state index in [-0.39, 0.29) is 23.4 Å². The molecule has 100 valence electrons. The number of aliphatic hydroxyl groups is 1. The molecule has 0 bridgehead atoms. The van der Waals surface area contributed by atoms with Gasteiger partial charge in [-0.05, 0) is 30.5 Å². The fourth-order valence-corrected chi connectivity index (χ4v) is 2.60. The summed E-state index contributed by atoms with van der Waals surface area (Å²) in [5, 5.41) is 13.3. The molecule has 1 fully saturated rings. The monoisotopic (exact) mass is 251 g/mol. The summed E-state index contributed by atoms with van der Waals surface area (Å²) in [5.74, 6) is -0.194. The van der Waals surface area contributed by atoms with Gasteiger partial charge in [-0.25, -0.2) is 4.39 Å². The van der Waals surface area contributed by atoms with E-state index in [4.69, 9.17) is 0 Å². The summed E-state index contributed by atoms with van der Waals surface area (Å²) in [6.45, 7) is 6.22. The molecule has 0 heterocycles. The van der Waals surface area contributed by atoms with E-state index in [1.54, 1.807) is 12.1 Å². The minimum Gasteiger partial charge on any atom is -0.392 e. The van der Waals surface area contributed by atoms with Crippen LogP contribution in [0, 0.1) is 11.2 Å². The van der Waals surface area contributed by atoms with Crippen LogP contribution in [0.15, 0.2) is 24.3 Å². The van der Waals surface area contributed by atoms with Gasteiger partial charge < -0.3 is 10.4 Å². The van der Waals surface area contributed by atoms with E-state index in [1.165, 1.54) is 6.07 Å². The number of nitrogens with one attached hydrogen (secondary N) is 1. The average molecular weight is 251 g/mol. The lowest BCUT2D eigenvalue weighted by molar-refractivity contribution is -0.0762. The topological polar surface area (TPSA) is 32.3 Å². The summed E-state index contributed by atoms with van der Waals surface area (Å²) in [6, 6.07) is 7.19. The van der Waals surface area contributed by atoms with Crippen LogP contribution in [0.1, 0.15) is 45.2 Å². The molecule has 0 aliphatic heterocycles. The Morgan fingerprint density at radius 3 is 2.72 bits per heavy atom. The minimum atomic E-state index is -0.236. The maximum Gasteiger partial charge on any atom is 0.123 e. The minimum absolute atomic E-state index is 0.0965. The Bertz CT molecular complexity index is 419. The van der Waals surface area contributed by atoms with Gasteiger partial charge in [0.2, 0.25) is 0 Å². The molecule has 2 nitrogen and oxygen atoms in total. The molecule has 1 saturated carbocycles. The second-order valence-electron chi connectivity index (χ2n) is 5.81. The standard InChI is InChI=1S/C15H22FNO/c1-4-12(10-6-5-7-11(16)8-10)17-13-9-14(18)15(13,2)3/h5-8,12-14,17-18H,4,9H2,1-3H3. The molecule has 2 rings (SSSR count). The van der Waals surface area contributed by atoms with Gasteiger partial charge in [0.1, 0.15) is 5.82 Å². The normalized spacial score (nSPS) is 27.6. The van der Waals surface area contributed by atoms with Crippen molar-refractivity contribution in [3.05, 3.63) is 35.6 Å². The third-order valence-electron chi connectivity index (χ3n) is 4.28. The Hall–Kier alpha value is -0.930. The van der Waals surface area contributed by atoms with E-state index in [9.17, 15) is 9.50 Å². The predicted molar refractivity (Wildman–Crippen MR) is 70.8 cm³/mol. The summed E-state index contributed by atoms with van der Waals surface area (Å²) in [5.41, 5.74) is 0.885. The van der Waals surface area contributed by atoms with E-state index in [0.717, 1.165) is 18.4 Å². The smallest absolute Gasteiger partial charge is 0.123 e. The van der Waals surface area contributed by atoms with Crippen LogP contribution in [-0.2, 0) is 0 Å². The van der Waals surface area contributed by atoms with Gasteiger partial charge in [0.15, 0.2) is 0 Å². The summed E-state index contributed by atoms with van der Waals surface area (Å²) in [7, 11) is 0. The number of rotatable bonds is 4. The molecule has 0 amide bonds. The molecule has 0 saturated heterocycles. The molecule has 3 atom stereocenters. The van der Waals surface area contributed by atoms with Crippen LogP contribution in [0.25, 0.3) is 0 Å². The highest BCUT2D eigenvalue weighted by Crippen LogP contribution is 2.41. The number of halogens is 1. The zero-order valence-electron chi connectivity index (χ0n) is 11.3. The third-order valence-corrected chi connectivity index (χ3v) is 4.28. The van der Waals surface area contributed by atoms with Crippen LogP contribution >= 0.6 is 0 Å². The molecular weight excluding hydrogens is 229 g/mol. The van der Waals surface area contributed by atoms with Gasteiger partial charge in [-0.3, -0.25) is 0 Å². The van der Waals surface area contributed by atoms with Crippen molar-refractivity contribution < 1.29 is 9.50 Å². The first-order valence-corrected chi connectivity index (χ1v) is 6.64. The van der Waals surface area contributed by atoms with E-state index >= 15 is 0 Å². The number of hydrogen-bond donors (Lipinski definition) is 2. The van der Waals surface area contributed by atoms with E-state index < -0.39 is 0 Å². The molecule has 18 heavy (non-hydrogen) atoms. The molecule has 0 radical (unpaired) electrons. The first-order chi connectivity index (χ1) is 8.45. The van der Waals surface area contributed by atoms with Gasteiger partial charge >= 0.3 is 0 Å². The van der Waals surface area contributed by atoms with Crippen molar-refractivity contribution in [1.82, 2.24) is 5.32 Å². The Morgan fingerprint density at radius 2 is 2.22 bits per heavy atom. The third kappa shape index (κ3) is 2.43. The zero-order valence-corrected chi connectivity index (χ0v) is 11.3. The highest BCUT2D eigenvalue weighted by Gasteiger charge is 2.47. The van der Waals surface area contributed by atoms with Crippen LogP contribution in [0.4, 0.5) is 4.39 Å². The van der Waals surface area contributed by atoms with Crippen molar-refractivity contribution in [2.75, 3.05) is 0 Å². The fraction of sp³-hybridized carbons (Fsp3) is 0.600. The Kier molecular flexibility index (Phi) is 3.74. The Labute approximate surface area is 108 Å². The highest BCUT2D eigenvalue weighted by molar-refractivity contribution is 5.21. The highest BCUT2D eigenvalue weighted by atomic mass is 19.1. The van der Waals surface area contributed by atoms with Gasteiger partial charge in [-0.1, -0.05) is 32.9 Å². The largest absolute Gasteiger partial charge is 0.392 e. The van der Waals surface area contributed by atoms with Gasteiger partial charge in [-0.15, -0.1) is 0 Å². The first kappa shape index (κ1) is 13.5. The summed E-state index contributed by atoms with van der Waals surface area (Å²) >= 11 is 0. The lowest BCUT2D eigenvalue weighted by atomic mass is 9.64. The van der Waals surface area contributed by atoms with Crippen LogP contribution in [0.2, 0.25) is 0 Å². The average Bonchev–Trinajstić information content (AvgIpc) is 2.34. The second-order valence-corrected chi connectivity index (χ2v) is 5.81. The molecule has 1 aliphatic rings. The molecule has 0 spiro atoms. The van der Waals surface area contributed by atoms with Crippen molar-refractivity contribution in [3.63, 3.8) is 0 Å². The van der Waals surface area contributed by atoms with Crippen molar-refractivity contribution >= 4 is 0 Å². The number of benzene rings is 1. The van der Waals surface area contributed by atoms with Crippen LogP contribution < -0.4 is 5.32 Å². The molecular formula is C15H22FNO. The predicted octanol–water partition coefficient (Wildman–Crippen LogP) is 3.03. The number of aliphatic hydroxyl groups excluding tert-OH is 1. The zero-order chi connectivity index (χ0) is 13.3. The Balaban J connectivity index is 2.07. The molecule has 1 aliphatic carbocycles. The summed E-state index contributed by atoms with van der Waals surface area (Å²) in [4.78, 5) is 0. The van der Waals surface area contributed by atoms with E-state index in [1.807, 2.05) is 6.07 Å². The SMILES string of the molecule is CCC(NC1CC(O)C1(C)C)c1cccc(F)c1. The molecule has 2 N–H and O–H groups in total. The van der Waals surface area contributed by atoms with Crippen molar-refractivity contribution in [3.8, 4) is 0 Å². The van der Waals surface area contributed by atoms with Gasteiger partial charge in [0.05, 0.1) is 6.10 Å². The van der Waals surface area contributed by atoms with E-state index in [0.29, 0.717) is 6.04 Å². The van der Waals surface area contributed by atoms with Crippen LogP contribution in [0.5, 0.6) is 0 Å². The van der Waals surface area contributed by atoms with Gasteiger partial charge in [0, 0.05) is 17.5 Å². The molecule has 3 heteroatoms. The summed E-state index contributed by atoms with van der Waals surface area (Å²) in [6.07, 6.45) is 1.45. The molecule has 1 aromatic carbocycles. The summed E-state index contributed by atoms with van der Waals surface area (Å²) < 4.78 is 13.2. The quantitative estimate of drug-likeness (QED) is 0.862. The first-order valence-electron chi connectivity index (χ1n) is 6.64. The van der Waals surface area contributed by atoms with Gasteiger partial charge in [-0.2, -0.15) is 0 Å². The van der Waals surface area contributed by atoms with Gasteiger partial charge in [0.25, 0.3) is 0 Å². The maximum atomic E-state index is 13.2. The Morgan fingerprint density at radius 1 is 1.50 bits per heavy atom. The van der Waals surface area contributed by atoms with Crippen LogP contribution in [-0.4, -0.2) is 17.3 Å². The molecule has 1 aromatic rings. The van der Waals surface area contributed by atoms with Crippen LogP contribution in [0.3, 0.4) is 0 Å². The second kappa shape index (κ2) is 4.98. The number of hydrogen-bond acceptors (Lipinski definition) is 2. The van der Waals surface area contributed by atoms with Crippen molar-refractivity contribution in [1.29, 1.82) is 0 Å². The lowest BCUT2D eigenvalue weighted by Crippen LogP contribution is -2.60. The van der Waals surface area contributed by atoms with Crippen molar-refractivity contribution in [2.24, 2.45) is 5.41 Å². The van der Waals surface area contributed by atoms with E-state index in [2.05, 4.69) is 26.1 Å². The maximum absolute atomic E-state index is 13.2.